The molecule has 1 nitrogen and oxygen atoms in total. The molecule has 1 rings (SSSR count). The summed E-state index contributed by atoms with van der Waals surface area (Å²) >= 11 is 0. The van der Waals surface area contributed by atoms with Gasteiger partial charge in [0.25, 0.3) is 0 Å². The molecule has 0 aliphatic rings. The molecular weight excluding hydrogens is 277 g/mol. The Labute approximate surface area is 115 Å². The van der Waals surface area contributed by atoms with Gasteiger partial charge in [0.2, 0.25) is 34.8 Å². The maximum absolute atomic E-state index is 13.7. The fourth-order valence-corrected chi connectivity index (χ4v) is 2.35. The van der Waals surface area contributed by atoms with Crippen molar-refractivity contribution in [2.45, 2.75) is 33.6 Å². The van der Waals surface area contributed by atoms with E-state index in [-0.39, 0.29) is 17.4 Å². The molecule has 0 aliphatic carbocycles. The van der Waals surface area contributed by atoms with Gasteiger partial charge >= 0.3 is 0 Å². The summed E-state index contributed by atoms with van der Waals surface area (Å²) in [5, 5.41) is 0. The number of halogens is 5. The lowest BCUT2D eigenvalue weighted by molar-refractivity contribution is -0.837. The second-order valence-corrected chi connectivity index (χ2v) is 5.00. The first kappa shape index (κ1) is 16.9. The van der Waals surface area contributed by atoms with Crippen molar-refractivity contribution in [3.05, 3.63) is 29.1 Å². The fraction of sp³-hybridized carbons (Fsp3) is 0.571. The van der Waals surface area contributed by atoms with Crippen molar-refractivity contribution < 1.29 is 26.9 Å². The molecule has 0 bridgehead atoms. The van der Waals surface area contributed by atoms with Gasteiger partial charge in [-0.15, -0.1) is 0 Å². The first-order valence-corrected chi connectivity index (χ1v) is 6.71. The molecular formula is C14H19F5N+. The molecule has 114 valence electrons. The molecule has 0 fully saturated rings. The van der Waals surface area contributed by atoms with Crippen LogP contribution in [0.2, 0.25) is 0 Å². The summed E-state index contributed by atoms with van der Waals surface area (Å²) in [6, 6.07) is 0. The number of rotatable bonds is 6. The summed E-state index contributed by atoms with van der Waals surface area (Å²) in [5.74, 6) is -9.21. The van der Waals surface area contributed by atoms with Crippen molar-refractivity contribution in [3.63, 3.8) is 0 Å². The minimum atomic E-state index is -2.11. The first-order valence-electron chi connectivity index (χ1n) is 6.71. The van der Waals surface area contributed by atoms with Gasteiger partial charge in [-0.1, -0.05) is 20.3 Å². The molecule has 0 aromatic heterocycles. The normalized spacial score (nSPS) is 14.4. The number of benzene rings is 1. The standard InChI is InChI=1S/C14H18F5N/c1-4-6-8(3)7-20(5-2)14-12(18)10(16)9(15)11(17)13(14)19/h8H,4-7H2,1-3H3/p+1. The predicted octanol–water partition coefficient (Wildman–Crippen LogP) is 3.35. The third-order valence-electron chi connectivity index (χ3n) is 3.37. The highest BCUT2D eigenvalue weighted by molar-refractivity contribution is 5.35. The van der Waals surface area contributed by atoms with E-state index in [4.69, 9.17) is 0 Å². The van der Waals surface area contributed by atoms with E-state index in [1.807, 2.05) is 13.8 Å². The molecule has 0 aliphatic heterocycles. The summed E-state index contributed by atoms with van der Waals surface area (Å²) in [4.78, 5) is 0.263. The van der Waals surface area contributed by atoms with Crippen molar-refractivity contribution in [1.82, 2.24) is 0 Å². The first-order chi connectivity index (χ1) is 9.34. The molecule has 2 atom stereocenters. The van der Waals surface area contributed by atoms with Gasteiger partial charge in [0.15, 0.2) is 0 Å². The van der Waals surface area contributed by atoms with Gasteiger partial charge in [0.1, 0.15) is 0 Å². The fourth-order valence-electron chi connectivity index (χ4n) is 2.35. The van der Waals surface area contributed by atoms with Gasteiger partial charge in [-0.05, 0) is 13.3 Å². The van der Waals surface area contributed by atoms with E-state index in [1.165, 1.54) is 0 Å². The van der Waals surface area contributed by atoms with Crippen molar-refractivity contribution in [1.29, 1.82) is 0 Å². The molecule has 1 aromatic carbocycles. The van der Waals surface area contributed by atoms with E-state index in [0.717, 1.165) is 12.8 Å². The maximum Gasteiger partial charge on any atom is 0.225 e. The Morgan fingerprint density at radius 2 is 1.30 bits per heavy atom. The Kier molecular flexibility index (Phi) is 5.92. The topological polar surface area (TPSA) is 4.44 Å². The molecule has 0 spiro atoms. The number of hydrogen-bond donors (Lipinski definition) is 1. The summed E-state index contributed by atoms with van der Waals surface area (Å²) in [7, 11) is 0. The van der Waals surface area contributed by atoms with Gasteiger partial charge < -0.3 is 0 Å². The maximum atomic E-state index is 13.7. The quantitative estimate of drug-likeness (QED) is 0.466. The van der Waals surface area contributed by atoms with Crippen LogP contribution in [0, 0.1) is 35.0 Å². The number of quaternary nitrogens is 1. The molecule has 0 heterocycles. The second-order valence-electron chi connectivity index (χ2n) is 5.00. The van der Waals surface area contributed by atoms with Crippen LogP contribution < -0.4 is 4.90 Å². The molecule has 0 amide bonds. The Morgan fingerprint density at radius 1 is 0.850 bits per heavy atom. The molecule has 6 heteroatoms. The van der Waals surface area contributed by atoms with Crippen molar-refractivity contribution in [2.24, 2.45) is 5.92 Å². The lowest BCUT2D eigenvalue weighted by Gasteiger charge is -2.22. The van der Waals surface area contributed by atoms with Crippen LogP contribution in [0.4, 0.5) is 27.6 Å². The average molecular weight is 296 g/mol. The van der Waals surface area contributed by atoms with Gasteiger partial charge in [-0.3, -0.25) is 4.90 Å². The van der Waals surface area contributed by atoms with Gasteiger partial charge in [0.05, 0.1) is 13.1 Å². The molecule has 0 saturated heterocycles. The molecule has 1 N–H and O–H groups in total. The molecule has 2 unspecified atom stereocenters. The average Bonchev–Trinajstić information content (AvgIpc) is 2.42. The highest BCUT2D eigenvalue weighted by Crippen LogP contribution is 2.24. The Balaban J connectivity index is 3.22. The largest absolute Gasteiger partial charge is 0.297 e. The van der Waals surface area contributed by atoms with Crippen LogP contribution in [-0.2, 0) is 0 Å². The highest BCUT2D eigenvalue weighted by Gasteiger charge is 2.32. The van der Waals surface area contributed by atoms with E-state index in [9.17, 15) is 22.0 Å². The Morgan fingerprint density at radius 3 is 1.70 bits per heavy atom. The minimum absolute atomic E-state index is 0.130. The monoisotopic (exact) mass is 296 g/mol. The summed E-state index contributed by atoms with van der Waals surface area (Å²) in [6.07, 6.45) is 1.73. The second kappa shape index (κ2) is 7.02. The highest BCUT2D eigenvalue weighted by atomic mass is 19.2. The van der Waals surface area contributed by atoms with E-state index < -0.39 is 34.8 Å². The lowest BCUT2D eigenvalue weighted by Crippen LogP contribution is -3.08. The Hall–Kier alpha value is -1.17. The molecule has 20 heavy (non-hydrogen) atoms. The predicted molar refractivity (Wildman–Crippen MR) is 66.3 cm³/mol. The SMILES string of the molecule is CCCC(C)C[NH+](CC)c1c(F)c(F)c(F)c(F)c1F. The zero-order valence-corrected chi connectivity index (χ0v) is 11.8. The van der Waals surface area contributed by atoms with Gasteiger partial charge in [0, 0.05) is 5.92 Å². The molecule has 1 aromatic rings. The smallest absolute Gasteiger partial charge is 0.225 e. The van der Waals surface area contributed by atoms with Crippen LogP contribution in [0.3, 0.4) is 0 Å². The zero-order valence-electron chi connectivity index (χ0n) is 11.8. The third-order valence-corrected chi connectivity index (χ3v) is 3.37. The van der Waals surface area contributed by atoms with Crippen LogP contribution in [0.1, 0.15) is 33.6 Å². The number of nitrogens with one attached hydrogen (secondary N) is 1. The van der Waals surface area contributed by atoms with Crippen molar-refractivity contribution >= 4 is 5.69 Å². The van der Waals surface area contributed by atoms with Crippen LogP contribution in [0.15, 0.2) is 0 Å². The van der Waals surface area contributed by atoms with E-state index in [0.29, 0.717) is 6.54 Å². The van der Waals surface area contributed by atoms with E-state index in [1.54, 1.807) is 6.92 Å². The van der Waals surface area contributed by atoms with Gasteiger partial charge in [-0.25, -0.2) is 13.2 Å². The van der Waals surface area contributed by atoms with E-state index in [2.05, 4.69) is 0 Å². The van der Waals surface area contributed by atoms with Gasteiger partial charge in [-0.2, -0.15) is 8.78 Å². The Bertz CT molecular complexity index is 446. The number of hydrogen-bond acceptors (Lipinski definition) is 0. The van der Waals surface area contributed by atoms with Crippen LogP contribution >= 0.6 is 0 Å². The third kappa shape index (κ3) is 3.29. The lowest BCUT2D eigenvalue weighted by atomic mass is 10.1. The van der Waals surface area contributed by atoms with Crippen molar-refractivity contribution in [2.75, 3.05) is 13.1 Å². The van der Waals surface area contributed by atoms with Crippen LogP contribution in [-0.4, -0.2) is 13.1 Å². The molecule has 0 saturated carbocycles. The minimum Gasteiger partial charge on any atom is -0.297 e. The van der Waals surface area contributed by atoms with E-state index >= 15 is 0 Å². The van der Waals surface area contributed by atoms with Crippen LogP contribution in [0.5, 0.6) is 0 Å². The van der Waals surface area contributed by atoms with Crippen molar-refractivity contribution in [3.8, 4) is 0 Å². The summed E-state index contributed by atoms with van der Waals surface area (Å²) in [6.45, 7) is 6.08. The molecule has 0 radical (unpaired) electrons. The zero-order chi connectivity index (χ0) is 15.4. The summed E-state index contributed by atoms with van der Waals surface area (Å²) < 4.78 is 66.9. The van der Waals surface area contributed by atoms with Crippen LogP contribution in [0.25, 0.3) is 0 Å². The summed E-state index contributed by atoms with van der Waals surface area (Å²) in [5.41, 5.74) is -0.758.